The summed E-state index contributed by atoms with van der Waals surface area (Å²) in [6.07, 6.45) is 2.86. The van der Waals surface area contributed by atoms with Crippen LogP contribution in [0.4, 0.5) is 0 Å². The highest BCUT2D eigenvalue weighted by atomic mass is 16.5. The van der Waals surface area contributed by atoms with Crippen LogP contribution in [-0.2, 0) is 4.74 Å². The van der Waals surface area contributed by atoms with E-state index >= 15 is 0 Å². The monoisotopic (exact) mass is 215 g/mol. The summed E-state index contributed by atoms with van der Waals surface area (Å²) in [6, 6.07) is 0. The molecule has 1 fully saturated rings. The van der Waals surface area contributed by atoms with Crippen molar-refractivity contribution in [2.45, 2.75) is 38.7 Å². The fourth-order valence-electron chi connectivity index (χ4n) is 2.64. The lowest BCUT2D eigenvalue weighted by atomic mass is 9.71. The SMILES string of the molecule is CCC1CNCCC1(O)C(C)CCOC. The lowest BCUT2D eigenvalue weighted by Crippen LogP contribution is -2.54. The molecule has 1 heterocycles. The fraction of sp³-hybridized carbons (Fsp3) is 1.00. The summed E-state index contributed by atoms with van der Waals surface area (Å²) in [5.41, 5.74) is -0.488. The normalized spacial score (nSPS) is 34.0. The van der Waals surface area contributed by atoms with Crippen molar-refractivity contribution in [1.29, 1.82) is 0 Å². The molecule has 90 valence electrons. The zero-order valence-corrected chi connectivity index (χ0v) is 10.3. The van der Waals surface area contributed by atoms with Crippen LogP contribution >= 0.6 is 0 Å². The summed E-state index contributed by atoms with van der Waals surface area (Å²) in [5, 5.41) is 14.1. The van der Waals surface area contributed by atoms with Gasteiger partial charge in [-0.2, -0.15) is 0 Å². The van der Waals surface area contributed by atoms with Crippen LogP contribution in [0.3, 0.4) is 0 Å². The molecule has 3 nitrogen and oxygen atoms in total. The largest absolute Gasteiger partial charge is 0.389 e. The van der Waals surface area contributed by atoms with E-state index in [4.69, 9.17) is 4.74 Å². The molecule has 3 unspecified atom stereocenters. The van der Waals surface area contributed by atoms with Crippen molar-refractivity contribution in [3.05, 3.63) is 0 Å². The van der Waals surface area contributed by atoms with E-state index in [-0.39, 0.29) is 0 Å². The van der Waals surface area contributed by atoms with Crippen molar-refractivity contribution in [1.82, 2.24) is 5.32 Å². The van der Waals surface area contributed by atoms with Crippen LogP contribution in [0.1, 0.15) is 33.1 Å². The van der Waals surface area contributed by atoms with E-state index in [0.29, 0.717) is 11.8 Å². The molecule has 0 aromatic carbocycles. The Kier molecular flexibility index (Phi) is 5.03. The second kappa shape index (κ2) is 5.83. The smallest absolute Gasteiger partial charge is 0.0726 e. The molecular formula is C12H25NO2. The average Bonchev–Trinajstić information content (AvgIpc) is 2.26. The molecule has 1 rings (SSSR count). The Morgan fingerprint density at radius 2 is 2.33 bits per heavy atom. The van der Waals surface area contributed by atoms with E-state index in [1.165, 1.54) is 0 Å². The van der Waals surface area contributed by atoms with E-state index in [1.54, 1.807) is 7.11 Å². The van der Waals surface area contributed by atoms with Crippen LogP contribution in [0.25, 0.3) is 0 Å². The predicted octanol–water partition coefficient (Wildman–Crippen LogP) is 1.41. The number of methoxy groups -OCH3 is 1. The van der Waals surface area contributed by atoms with Gasteiger partial charge in [0.15, 0.2) is 0 Å². The lowest BCUT2D eigenvalue weighted by molar-refractivity contribution is -0.0902. The van der Waals surface area contributed by atoms with Crippen LogP contribution in [-0.4, -0.2) is 37.5 Å². The first kappa shape index (κ1) is 12.9. The Balaban J connectivity index is 2.59. The van der Waals surface area contributed by atoms with Gasteiger partial charge in [-0.05, 0) is 31.7 Å². The van der Waals surface area contributed by atoms with Crippen LogP contribution in [0, 0.1) is 11.8 Å². The van der Waals surface area contributed by atoms with Gasteiger partial charge in [-0.15, -0.1) is 0 Å². The van der Waals surface area contributed by atoms with Crippen LogP contribution in [0.2, 0.25) is 0 Å². The van der Waals surface area contributed by atoms with E-state index in [9.17, 15) is 5.11 Å². The third-order valence-corrected chi connectivity index (χ3v) is 3.90. The molecular weight excluding hydrogens is 190 g/mol. The van der Waals surface area contributed by atoms with Crippen LogP contribution in [0.5, 0.6) is 0 Å². The standard InChI is InChI=1S/C12H25NO2/c1-4-11-9-13-7-6-12(11,14)10(2)5-8-15-3/h10-11,13-14H,4-9H2,1-3H3. The molecule has 15 heavy (non-hydrogen) atoms. The molecule has 0 radical (unpaired) electrons. The number of hydrogen-bond acceptors (Lipinski definition) is 3. The van der Waals surface area contributed by atoms with Gasteiger partial charge >= 0.3 is 0 Å². The molecule has 0 bridgehead atoms. The summed E-state index contributed by atoms with van der Waals surface area (Å²) in [4.78, 5) is 0. The molecule has 1 aliphatic heterocycles. The number of piperidine rings is 1. The van der Waals surface area contributed by atoms with E-state index < -0.39 is 5.60 Å². The number of aliphatic hydroxyl groups is 1. The Bertz CT molecular complexity index is 186. The summed E-state index contributed by atoms with van der Waals surface area (Å²) in [7, 11) is 1.72. The van der Waals surface area contributed by atoms with Crippen LogP contribution < -0.4 is 5.32 Å². The minimum absolute atomic E-state index is 0.324. The van der Waals surface area contributed by atoms with Crippen molar-refractivity contribution >= 4 is 0 Å². The molecule has 1 saturated heterocycles. The van der Waals surface area contributed by atoms with Crippen molar-refractivity contribution in [3.8, 4) is 0 Å². The third kappa shape index (κ3) is 2.92. The number of rotatable bonds is 5. The zero-order valence-electron chi connectivity index (χ0n) is 10.3. The predicted molar refractivity (Wildman–Crippen MR) is 61.9 cm³/mol. The molecule has 0 aromatic rings. The summed E-state index contributed by atoms with van der Waals surface area (Å²) in [6.45, 7) is 6.93. The molecule has 0 aliphatic carbocycles. The second-order valence-corrected chi connectivity index (χ2v) is 4.73. The Labute approximate surface area is 93.2 Å². The van der Waals surface area contributed by atoms with Gasteiger partial charge in [0.25, 0.3) is 0 Å². The molecule has 0 amide bonds. The summed E-state index contributed by atoms with van der Waals surface area (Å²) < 4.78 is 5.09. The van der Waals surface area contributed by atoms with Crippen LogP contribution in [0.15, 0.2) is 0 Å². The summed E-state index contributed by atoms with van der Waals surface area (Å²) >= 11 is 0. The first-order chi connectivity index (χ1) is 7.15. The van der Waals surface area contributed by atoms with Crippen molar-refractivity contribution in [3.63, 3.8) is 0 Å². The van der Waals surface area contributed by atoms with Crippen molar-refractivity contribution < 1.29 is 9.84 Å². The van der Waals surface area contributed by atoms with Gasteiger partial charge in [-0.1, -0.05) is 13.8 Å². The maximum Gasteiger partial charge on any atom is 0.0726 e. The lowest BCUT2D eigenvalue weighted by Gasteiger charge is -2.44. The van der Waals surface area contributed by atoms with Gasteiger partial charge in [0.05, 0.1) is 5.60 Å². The minimum Gasteiger partial charge on any atom is -0.389 e. The van der Waals surface area contributed by atoms with Crippen molar-refractivity contribution in [2.75, 3.05) is 26.8 Å². The highest BCUT2D eigenvalue weighted by Crippen LogP contribution is 2.35. The quantitative estimate of drug-likeness (QED) is 0.728. The Morgan fingerprint density at radius 3 is 2.93 bits per heavy atom. The first-order valence-corrected chi connectivity index (χ1v) is 6.07. The van der Waals surface area contributed by atoms with E-state index in [2.05, 4.69) is 19.2 Å². The van der Waals surface area contributed by atoms with Gasteiger partial charge in [0.1, 0.15) is 0 Å². The molecule has 0 saturated carbocycles. The molecule has 0 aromatic heterocycles. The number of hydrogen-bond donors (Lipinski definition) is 2. The number of ether oxygens (including phenoxy) is 1. The molecule has 3 atom stereocenters. The Hall–Kier alpha value is -0.120. The van der Waals surface area contributed by atoms with E-state index in [1.807, 2.05) is 0 Å². The average molecular weight is 215 g/mol. The maximum atomic E-state index is 10.7. The Morgan fingerprint density at radius 1 is 1.60 bits per heavy atom. The maximum absolute atomic E-state index is 10.7. The number of nitrogens with one attached hydrogen (secondary N) is 1. The van der Waals surface area contributed by atoms with Gasteiger partial charge in [0.2, 0.25) is 0 Å². The third-order valence-electron chi connectivity index (χ3n) is 3.90. The highest BCUT2D eigenvalue weighted by molar-refractivity contribution is 4.94. The van der Waals surface area contributed by atoms with Crippen molar-refractivity contribution in [2.24, 2.45) is 11.8 Å². The minimum atomic E-state index is -0.488. The van der Waals surface area contributed by atoms with Gasteiger partial charge in [0, 0.05) is 26.2 Å². The molecule has 3 heteroatoms. The molecule has 0 spiro atoms. The topological polar surface area (TPSA) is 41.5 Å². The van der Waals surface area contributed by atoms with Gasteiger partial charge < -0.3 is 15.2 Å². The zero-order chi connectivity index (χ0) is 11.3. The first-order valence-electron chi connectivity index (χ1n) is 6.07. The van der Waals surface area contributed by atoms with Gasteiger partial charge in [-0.3, -0.25) is 0 Å². The van der Waals surface area contributed by atoms with Gasteiger partial charge in [-0.25, -0.2) is 0 Å². The summed E-state index contributed by atoms with van der Waals surface area (Å²) in [5.74, 6) is 0.711. The second-order valence-electron chi connectivity index (χ2n) is 4.73. The van der Waals surface area contributed by atoms with E-state index in [0.717, 1.165) is 39.0 Å². The highest BCUT2D eigenvalue weighted by Gasteiger charge is 2.41. The fourth-order valence-corrected chi connectivity index (χ4v) is 2.64. The molecule has 1 aliphatic rings. The molecule has 2 N–H and O–H groups in total.